The van der Waals surface area contributed by atoms with E-state index in [1.807, 2.05) is 6.07 Å². The fourth-order valence-corrected chi connectivity index (χ4v) is 3.32. The molecule has 1 heterocycles. The number of anilines is 1. The summed E-state index contributed by atoms with van der Waals surface area (Å²) in [7, 11) is 0. The first-order valence-electron chi connectivity index (χ1n) is 5.85. The Hall–Kier alpha value is -1.50. The molecule has 0 spiro atoms. The van der Waals surface area contributed by atoms with Crippen LogP contribution in [0.3, 0.4) is 0 Å². The Morgan fingerprint density at radius 3 is 2.90 bits per heavy atom. The van der Waals surface area contributed by atoms with Crippen LogP contribution >= 0.6 is 38.9 Å². The molecule has 1 N–H and O–H groups in total. The Balaban J connectivity index is 2.04. The van der Waals surface area contributed by atoms with Gasteiger partial charge in [0.1, 0.15) is 11.3 Å². The van der Waals surface area contributed by atoms with Crippen molar-refractivity contribution in [2.45, 2.75) is 0 Å². The Kier molecular flexibility index (Phi) is 3.93. The summed E-state index contributed by atoms with van der Waals surface area (Å²) in [5.41, 5.74) is 2.57. The third-order valence-electron chi connectivity index (χ3n) is 2.88. The molecule has 0 unspecified atom stereocenters. The summed E-state index contributed by atoms with van der Waals surface area (Å²) in [6.07, 6.45) is 0. The maximum atomic E-state index is 13.8. The first-order valence-corrected chi connectivity index (χ1v) is 7.90. The van der Waals surface area contributed by atoms with E-state index in [0.717, 1.165) is 4.70 Å². The van der Waals surface area contributed by atoms with Crippen LogP contribution in [-0.4, -0.2) is 10.9 Å². The second kappa shape index (κ2) is 5.71. The number of amides is 1. The fraction of sp³-hybridized carbons (Fsp3) is 0. The van der Waals surface area contributed by atoms with Crippen molar-refractivity contribution in [1.29, 1.82) is 0 Å². The van der Waals surface area contributed by atoms with Gasteiger partial charge < -0.3 is 5.32 Å². The Labute approximate surface area is 136 Å². The maximum absolute atomic E-state index is 13.8. The highest BCUT2D eigenvalue weighted by molar-refractivity contribution is 9.10. The number of carbonyl (C=O) groups excluding carboxylic acids is 1. The van der Waals surface area contributed by atoms with Crippen molar-refractivity contribution in [2.24, 2.45) is 0 Å². The first-order chi connectivity index (χ1) is 10.1. The number of halogens is 3. The van der Waals surface area contributed by atoms with Gasteiger partial charge >= 0.3 is 0 Å². The van der Waals surface area contributed by atoms with Crippen molar-refractivity contribution >= 4 is 60.7 Å². The van der Waals surface area contributed by atoms with E-state index in [1.54, 1.807) is 17.6 Å². The molecule has 1 amide bonds. The van der Waals surface area contributed by atoms with E-state index in [2.05, 4.69) is 26.2 Å². The highest BCUT2D eigenvalue weighted by atomic mass is 79.9. The first kappa shape index (κ1) is 14.4. The molecular formula is C14H7BrClFN2OS. The lowest BCUT2D eigenvalue weighted by Gasteiger charge is -2.10. The van der Waals surface area contributed by atoms with Gasteiger partial charge in [-0.1, -0.05) is 17.7 Å². The lowest BCUT2D eigenvalue weighted by molar-refractivity contribution is 0.102. The molecule has 3 aromatic rings. The van der Waals surface area contributed by atoms with Crippen LogP contribution in [0, 0.1) is 5.82 Å². The summed E-state index contributed by atoms with van der Waals surface area (Å²) < 4.78 is 15.1. The Morgan fingerprint density at radius 1 is 1.33 bits per heavy atom. The van der Waals surface area contributed by atoms with Gasteiger partial charge in [-0.3, -0.25) is 4.79 Å². The predicted octanol–water partition coefficient (Wildman–Crippen LogP) is 5.10. The summed E-state index contributed by atoms with van der Waals surface area (Å²) in [6.45, 7) is 0. The smallest absolute Gasteiger partial charge is 0.259 e. The van der Waals surface area contributed by atoms with Crippen molar-refractivity contribution in [3.05, 3.63) is 56.7 Å². The van der Waals surface area contributed by atoms with Gasteiger partial charge in [0.15, 0.2) is 0 Å². The third kappa shape index (κ3) is 2.66. The van der Waals surface area contributed by atoms with Crippen LogP contribution in [0.2, 0.25) is 5.02 Å². The van der Waals surface area contributed by atoms with Crippen LogP contribution in [0.5, 0.6) is 0 Å². The normalized spacial score (nSPS) is 10.8. The van der Waals surface area contributed by atoms with Crippen LogP contribution < -0.4 is 5.32 Å². The number of rotatable bonds is 2. The average Bonchev–Trinajstić information content (AvgIpc) is 2.90. The van der Waals surface area contributed by atoms with Crippen molar-refractivity contribution < 1.29 is 9.18 Å². The second-order valence-electron chi connectivity index (χ2n) is 4.17. The summed E-state index contributed by atoms with van der Waals surface area (Å²) in [6, 6.07) is 7.84. The molecule has 0 aliphatic rings. The monoisotopic (exact) mass is 384 g/mol. The highest BCUT2D eigenvalue weighted by Gasteiger charge is 2.18. The maximum Gasteiger partial charge on any atom is 0.259 e. The van der Waals surface area contributed by atoms with E-state index in [9.17, 15) is 9.18 Å². The minimum absolute atomic E-state index is 0.0687. The molecule has 3 rings (SSSR count). The third-order valence-corrected chi connectivity index (χ3v) is 4.65. The van der Waals surface area contributed by atoms with Gasteiger partial charge in [-0.2, -0.15) is 0 Å². The standard InChI is InChI=1S/C14H7BrClFN2OS/c15-7-2-1-3-9(17)11(7)14(20)19-12-8(16)4-5-10-13(12)18-6-21-10/h1-6H,(H,19,20). The molecular weight excluding hydrogens is 379 g/mol. The molecule has 0 atom stereocenters. The number of nitrogens with one attached hydrogen (secondary N) is 1. The molecule has 1 aromatic heterocycles. The average molecular weight is 386 g/mol. The van der Waals surface area contributed by atoms with Gasteiger partial charge in [0, 0.05) is 4.47 Å². The fourth-order valence-electron chi connectivity index (χ4n) is 1.92. The minimum atomic E-state index is -0.608. The topological polar surface area (TPSA) is 42.0 Å². The van der Waals surface area contributed by atoms with E-state index in [-0.39, 0.29) is 5.56 Å². The van der Waals surface area contributed by atoms with Gasteiger partial charge in [0.2, 0.25) is 0 Å². The molecule has 0 aliphatic carbocycles. The van der Waals surface area contributed by atoms with Crippen LogP contribution in [-0.2, 0) is 0 Å². The molecule has 0 aliphatic heterocycles. The zero-order valence-corrected chi connectivity index (χ0v) is 13.5. The van der Waals surface area contributed by atoms with Crippen molar-refractivity contribution in [2.75, 3.05) is 5.32 Å². The zero-order valence-electron chi connectivity index (χ0n) is 10.4. The largest absolute Gasteiger partial charge is 0.319 e. The number of aromatic nitrogens is 1. The van der Waals surface area contributed by atoms with E-state index in [4.69, 9.17) is 11.6 Å². The van der Waals surface area contributed by atoms with Crippen LogP contribution in [0.1, 0.15) is 10.4 Å². The summed E-state index contributed by atoms with van der Waals surface area (Å²) >= 11 is 10.7. The van der Waals surface area contributed by atoms with Crippen LogP contribution in [0.25, 0.3) is 10.2 Å². The van der Waals surface area contributed by atoms with Crippen molar-refractivity contribution in [1.82, 2.24) is 4.98 Å². The molecule has 7 heteroatoms. The number of thiazole rings is 1. The quantitative estimate of drug-likeness (QED) is 0.666. The molecule has 3 nitrogen and oxygen atoms in total. The molecule has 0 bridgehead atoms. The van der Waals surface area contributed by atoms with E-state index in [1.165, 1.54) is 23.5 Å². The van der Waals surface area contributed by atoms with E-state index >= 15 is 0 Å². The summed E-state index contributed by atoms with van der Waals surface area (Å²) in [5, 5.41) is 3.00. The Bertz CT molecular complexity index is 832. The zero-order chi connectivity index (χ0) is 15.0. The molecule has 0 saturated carbocycles. The molecule has 0 saturated heterocycles. The van der Waals surface area contributed by atoms with Gasteiger partial charge in [-0.05, 0) is 40.2 Å². The number of hydrogen-bond acceptors (Lipinski definition) is 3. The molecule has 2 aromatic carbocycles. The van der Waals surface area contributed by atoms with Crippen molar-refractivity contribution in [3.8, 4) is 0 Å². The number of fused-ring (bicyclic) bond motifs is 1. The minimum Gasteiger partial charge on any atom is -0.319 e. The van der Waals surface area contributed by atoms with Gasteiger partial charge in [0.25, 0.3) is 5.91 Å². The van der Waals surface area contributed by atoms with E-state index in [0.29, 0.717) is 20.7 Å². The lowest BCUT2D eigenvalue weighted by Crippen LogP contribution is -2.15. The Morgan fingerprint density at radius 2 is 2.14 bits per heavy atom. The van der Waals surface area contributed by atoms with Gasteiger partial charge in [-0.25, -0.2) is 9.37 Å². The molecule has 0 fully saturated rings. The number of benzene rings is 2. The molecule has 21 heavy (non-hydrogen) atoms. The number of carbonyl (C=O) groups is 1. The molecule has 0 radical (unpaired) electrons. The predicted molar refractivity (Wildman–Crippen MR) is 86.7 cm³/mol. The SMILES string of the molecule is O=C(Nc1c(Cl)ccc2scnc12)c1c(F)cccc1Br. The lowest BCUT2D eigenvalue weighted by atomic mass is 10.2. The van der Waals surface area contributed by atoms with E-state index < -0.39 is 11.7 Å². The van der Waals surface area contributed by atoms with Crippen LogP contribution in [0.4, 0.5) is 10.1 Å². The van der Waals surface area contributed by atoms with Gasteiger partial charge in [-0.15, -0.1) is 11.3 Å². The van der Waals surface area contributed by atoms with Crippen molar-refractivity contribution in [3.63, 3.8) is 0 Å². The van der Waals surface area contributed by atoms with Gasteiger partial charge in [0.05, 0.1) is 26.5 Å². The molecule has 106 valence electrons. The highest BCUT2D eigenvalue weighted by Crippen LogP contribution is 2.33. The summed E-state index contributed by atoms with van der Waals surface area (Å²) in [4.78, 5) is 16.5. The summed E-state index contributed by atoms with van der Waals surface area (Å²) in [5.74, 6) is -1.19. The second-order valence-corrected chi connectivity index (χ2v) is 6.32. The number of nitrogens with zero attached hydrogens (tertiary/aromatic N) is 1. The van der Waals surface area contributed by atoms with Crippen LogP contribution in [0.15, 0.2) is 40.3 Å². The number of hydrogen-bond donors (Lipinski definition) is 1.